The molecule has 1 fully saturated rings. The third-order valence-electron chi connectivity index (χ3n) is 4.77. The molecule has 2 N–H and O–H groups in total. The van der Waals surface area contributed by atoms with Gasteiger partial charge in [-0.05, 0) is 25.3 Å². The van der Waals surface area contributed by atoms with Gasteiger partial charge in [0.25, 0.3) is 0 Å². The summed E-state index contributed by atoms with van der Waals surface area (Å²) in [5, 5.41) is 9.71. The maximum absolute atomic E-state index is 12.1. The Morgan fingerprint density at radius 3 is 2.71 bits per heavy atom. The van der Waals surface area contributed by atoms with E-state index >= 15 is 0 Å². The van der Waals surface area contributed by atoms with Crippen LogP contribution in [0.4, 0.5) is 4.79 Å². The topological polar surface area (TPSA) is 80.0 Å². The SMILES string of the molecule is C[C@@H](NC(=O)NCc1nc(C2CC2)no1)C(C)(C)c1ccccc1. The average molecular weight is 328 g/mol. The van der Waals surface area contributed by atoms with Crippen LogP contribution in [-0.4, -0.2) is 22.2 Å². The van der Waals surface area contributed by atoms with Crippen molar-refractivity contribution in [1.82, 2.24) is 20.8 Å². The predicted molar refractivity (Wildman–Crippen MR) is 90.6 cm³/mol. The summed E-state index contributed by atoms with van der Waals surface area (Å²) in [5.74, 6) is 1.65. The first-order valence-electron chi connectivity index (χ1n) is 8.39. The lowest BCUT2D eigenvalue weighted by Gasteiger charge is -2.33. The molecule has 1 atom stereocenters. The molecule has 1 aromatic heterocycles. The molecule has 3 rings (SSSR count). The van der Waals surface area contributed by atoms with Crippen LogP contribution in [0.25, 0.3) is 0 Å². The van der Waals surface area contributed by atoms with E-state index in [9.17, 15) is 4.79 Å². The second-order valence-corrected chi connectivity index (χ2v) is 6.96. The minimum absolute atomic E-state index is 0.0374. The average Bonchev–Trinajstić information content (AvgIpc) is 3.32. The van der Waals surface area contributed by atoms with Crippen molar-refractivity contribution < 1.29 is 9.32 Å². The Morgan fingerprint density at radius 2 is 2.04 bits per heavy atom. The maximum Gasteiger partial charge on any atom is 0.315 e. The Morgan fingerprint density at radius 1 is 1.33 bits per heavy atom. The maximum atomic E-state index is 12.1. The van der Waals surface area contributed by atoms with Crippen molar-refractivity contribution in [3.8, 4) is 0 Å². The van der Waals surface area contributed by atoms with Crippen molar-refractivity contribution in [2.75, 3.05) is 0 Å². The van der Waals surface area contributed by atoms with Crippen molar-refractivity contribution >= 4 is 6.03 Å². The van der Waals surface area contributed by atoms with E-state index in [-0.39, 0.29) is 24.0 Å². The number of rotatable bonds is 6. The monoisotopic (exact) mass is 328 g/mol. The zero-order valence-electron chi connectivity index (χ0n) is 14.4. The molecule has 1 saturated carbocycles. The number of carbonyl (C=O) groups excluding carboxylic acids is 1. The number of urea groups is 1. The van der Waals surface area contributed by atoms with Gasteiger partial charge in [0.2, 0.25) is 5.89 Å². The van der Waals surface area contributed by atoms with Crippen LogP contribution in [-0.2, 0) is 12.0 Å². The Hall–Kier alpha value is -2.37. The third-order valence-corrected chi connectivity index (χ3v) is 4.77. The van der Waals surface area contributed by atoms with Gasteiger partial charge in [0.15, 0.2) is 5.82 Å². The number of hydrogen-bond donors (Lipinski definition) is 2. The minimum atomic E-state index is -0.238. The Balaban J connectivity index is 1.51. The lowest BCUT2D eigenvalue weighted by molar-refractivity contribution is 0.229. The second-order valence-electron chi connectivity index (χ2n) is 6.96. The van der Waals surface area contributed by atoms with E-state index in [0.717, 1.165) is 18.7 Å². The fourth-order valence-corrected chi connectivity index (χ4v) is 2.55. The van der Waals surface area contributed by atoms with Gasteiger partial charge in [0, 0.05) is 17.4 Å². The number of nitrogens with one attached hydrogen (secondary N) is 2. The molecule has 24 heavy (non-hydrogen) atoms. The van der Waals surface area contributed by atoms with Crippen molar-refractivity contribution in [2.45, 2.75) is 57.5 Å². The van der Waals surface area contributed by atoms with E-state index in [0.29, 0.717) is 11.8 Å². The number of nitrogens with zero attached hydrogens (tertiary/aromatic N) is 2. The largest absolute Gasteiger partial charge is 0.337 e. The molecule has 0 radical (unpaired) electrons. The highest BCUT2D eigenvalue weighted by molar-refractivity contribution is 5.74. The Labute approximate surface area is 142 Å². The predicted octanol–water partition coefficient (Wildman–Crippen LogP) is 3.11. The summed E-state index contributed by atoms with van der Waals surface area (Å²) < 4.78 is 5.15. The van der Waals surface area contributed by atoms with Gasteiger partial charge < -0.3 is 15.2 Å². The van der Waals surface area contributed by atoms with E-state index < -0.39 is 0 Å². The molecule has 1 aromatic carbocycles. The van der Waals surface area contributed by atoms with Crippen LogP contribution in [0, 0.1) is 0 Å². The van der Waals surface area contributed by atoms with E-state index in [2.05, 4.69) is 46.8 Å². The molecule has 1 aliphatic carbocycles. The first-order chi connectivity index (χ1) is 11.5. The Bertz CT molecular complexity index is 692. The highest BCUT2D eigenvalue weighted by atomic mass is 16.5. The first kappa shape index (κ1) is 16.5. The van der Waals surface area contributed by atoms with E-state index in [4.69, 9.17) is 4.52 Å². The normalized spacial score (nSPS) is 15.8. The van der Waals surface area contributed by atoms with E-state index in [1.54, 1.807) is 0 Å². The highest BCUT2D eigenvalue weighted by Gasteiger charge is 2.30. The molecule has 0 saturated heterocycles. The summed E-state index contributed by atoms with van der Waals surface area (Å²) >= 11 is 0. The fraction of sp³-hybridized carbons (Fsp3) is 0.500. The van der Waals surface area contributed by atoms with Crippen molar-refractivity contribution in [1.29, 1.82) is 0 Å². The number of carbonyl (C=O) groups is 1. The quantitative estimate of drug-likeness (QED) is 0.854. The van der Waals surface area contributed by atoms with Crippen LogP contribution in [0.15, 0.2) is 34.9 Å². The van der Waals surface area contributed by atoms with Gasteiger partial charge in [-0.1, -0.05) is 49.3 Å². The van der Waals surface area contributed by atoms with Crippen LogP contribution in [0.2, 0.25) is 0 Å². The van der Waals surface area contributed by atoms with Crippen molar-refractivity contribution in [3.63, 3.8) is 0 Å². The molecule has 6 heteroatoms. The van der Waals surface area contributed by atoms with Crippen LogP contribution in [0.1, 0.15) is 56.8 Å². The van der Waals surface area contributed by atoms with Gasteiger partial charge in [0.05, 0.1) is 6.54 Å². The number of amides is 2. The Kier molecular flexibility index (Phi) is 4.55. The van der Waals surface area contributed by atoms with E-state index in [1.165, 1.54) is 5.56 Å². The van der Waals surface area contributed by atoms with Crippen molar-refractivity contribution in [3.05, 3.63) is 47.6 Å². The number of aromatic nitrogens is 2. The lowest BCUT2D eigenvalue weighted by Crippen LogP contribution is -2.49. The summed E-state index contributed by atoms with van der Waals surface area (Å²) in [4.78, 5) is 16.4. The van der Waals surface area contributed by atoms with Gasteiger partial charge in [-0.2, -0.15) is 4.98 Å². The van der Waals surface area contributed by atoms with Gasteiger partial charge >= 0.3 is 6.03 Å². The lowest BCUT2D eigenvalue weighted by atomic mass is 9.78. The number of benzene rings is 1. The zero-order chi connectivity index (χ0) is 17.2. The fourth-order valence-electron chi connectivity index (χ4n) is 2.55. The molecule has 0 aliphatic heterocycles. The summed E-state index contributed by atoms with van der Waals surface area (Å²) in [7, 11) is 0. The molecular formula is C18H24N4O2. The van der Waals surface area contributed by atoms with Crippen molar-refractivity contribution in [2.24, 2.45) is 0 Å². The van der Waals surface area contributed by atoms with Gasteiger partial charge in [-0.3, -0.25) is 0 Å². The number of hydrogen-bond acceptors (Lipinski definition) is 4. The van der Waals surface area contributed by atoms with Crippen LogP contribution < -0.4 is 10.6 Å². The molecule has 1 aliphatic rings. The van der Waals surface area contributed by atoms with Gasteiger partial charge in [0.1, 0.15) is 0 Å². The third kappa shape index (κ3) is 3.75. The molecule has 0 unspecified atom stereocenters. The van der Waals surface area contributed by atoms with Crippen LogP contribution in [0.3, 0.4) is 0 Å². The first-order valence-corrected chi connectivity index (χ1v) is 8.39. The molecule has 6 nitrogen and oxygen atoms in total. The molecular weight excluding hydrogens is 304 g/mol. The molecule has 2 amide bonds. The molecule has 0 spiro atoms. The summed E-state index contributed by atoms with van der Waals surface area (Å²) in [6.45, 7) is 6.48. The second kappa shape index (κ2) is 6.63. The summed E-state index contributed by atoms with van der Waals surface area (Å²) in [6, 6.07) is 9.89. The molecule has 0 bridgehead atoms. The van der Waals surface area contributed by atoms with E-state index in [1.807, 2.05) is 25.1 Å². The van der Waals surface area contributed by atoms with Gasteiger partial charge in [-0.25, -0.2) is 4.79 Å². The standard InChI is InChI=1S/C18H24N4O2/c1-12(18(2,3)14-7-5-4-6-8-14)20-17(23)19-11-15-21-16(22-24-15)13-9-10-13/h4-8,12-13H,9-11H2,1-3H3,(H2,19,20,23)/t12-/m1/s1. The molecule has 2 aromatic rings. The van der Waals surface area contributed by atoms with Gasteiger partial charge in [-0.15, -0.1) is 0 Å². The minimum Gasteiger partial charge on any atom is -0.337 e. The van der Waals surface area contributed by atoms with Crippen LogP contribution in [0.5, 0.6) is 0 Å². The zero-order valence-corrected chi connectivity index (χ0v) is 14.4. The summed E-state index contributed by atoms with van der Waals surface area (Å²) in [5.41, 5.74) is 1.01. The van der Waals surface area contributed by atoms with Crippen LogP contribution >= 0.6 is 0 Å². The summed E-state index contributed by atoms with van der Waals surface area (Å²) in [6.07, 6.45) is 2.25. The molecule has 1 heterocycles. The smallest absolute Gasteiger partial charge is 0.315 e. The molecule has 128 valence electrons. The highest BCUT2D eigenvalue weighted by Crippen LogP contribution is 2.38.